The molecule has 0 aliphatic carbocycles. The Morgan fingerprint density at radius 3 is 2.72 bits per heavy atom. The molecule has 1 atom stereocenters. The first-order valence-corrected chi connectivity index (χ1v) is 6.26. The Labute approximate surface area is 108 Å². The normalized spacial score (nSPS) is 12.5. The molecule has 1 unspecified atom stereocenters. The van der Waals surface area contributed by atoms with E-state index < -0.39 is 0 Å². The summed E-state index contributed by atoms with van der Waals surface area (Å²) in [5.41, 5.74) is 8.13. The topological polar surface area (TPSA) is 69.6 Å². The molecule has 0 aliphatic heterocycles. The highest BCUT2D eigenvalue weighted by Gasteiger charge is 2.16. The molecule has 0 saturated carbocycles. The SMILES string of the molecule is NC(c1cnns1)c1ccnn1-c1ccccc1. The molecule has 1 aromatic carbocycles. The molecular formula is C12H11N5S. The number of aromatic nitrogens is 4. The van der Waals surface area contributed by atoms with Crippen LogP contribution in [0.4, 0.5) is 0 Å². The van der Waals surface area contributed by atoms with E-state index in [-0.39, 0.29) is 6.04 Å². The monoisotopic (exact) mass is 257 g/mol. The molecule has 0 radical (unpaired) electrons. The minimum absolute atomic E-state index is 0.257. The summed E-state index contributed by atoms with van der Waals surface area (Å²) in [4.78, 5) is 0.924. The van der Waals surface area contributed by atoms with Crippen LogP contribution in [-0.4, -0.2) is 19.4 Å². The van der Waals surface area contributed by atoms with Gasteiger partial charge in [0.05, 0.1) is 28.5 Å². The van der Waals surface area contributed by atoms with Crippen LogP contribution >= 0.6 is 11.5 Å². The smallest absolute Gasteiger partial charge is 0.0853 e. The van der Waals surface area contributed by atoms with Gasteiger partial charge in [0.1, 0.15) is 0 Å². The molecule has 0 spiro atoms. The van der Waals surface area contributed by atoms with Crippen LogP contribution in [0.1, 0.15) is 16.6 Å². The van der Waals surface area contributed by atoms with E-state index in [0.717, 1.165) is 16.3 Å². The summed E-state index contributed by atoms with van der Waals surface area (Å²) in [6.45, 7) is 0. The first-order valence-electron chi connectivity index (χ1n) is 5.48. The number of hydrogen-bond donors (Lipinski definition) is 1. The molecule has 2 heterocycles. The summed E-state index contributed by atoms with van der Waals surface area (Å²) < 4.78 is 5.68. The number of para-hydroxylation sites is 1. The van der Waals surface area contributed by atoms with Crippen LogP contribution in [0.25, 0.3) is 5.69 Å². The molecule has 2 aromatic heterocycles. The Morgan fingerprint density at radius 1 is 1.17 bits per heavy atom. The molecule has 3 aromatic rings. The second-order valence-electron chi connectivity index (χ2n) is 3.80. The Bertz CT molecular complexity index is 617. The van der Waals surface area contributed by atoms with Crippen molar-refractivity contribution in [3.05, 3.63) is 59.4 Å². The van der Waals surface area contributed by atoms with Gasteiger partial charge in [-0.3, -0.25) is 0 Å². The van der Waals surface area contributed by atoms with Crippen molar-refractivity contribution in [3.8, 4) is 5.69 Å². The van der Waals surface area contributed by atoms with Gasteiger partial charge in [0.2, 0.25) is 0 Å². The maximum Gasteiger partial charge on any atom is 0.0853 e. The number of nitrogens with two attached hydrogens (primary N) is 1. The zero-order valence-corrected chi connectivity index (χ0v) is 10.3. The average Bonchev–Trinajstić information content (AvgIpc) is 3.10. The third-order valence-electron chi connectivity index (χ3n) is 2.68. The Balaban J connectivity index is 2.02. The van der Waals surface area contributed by atoms with Crippen LogP contribution in [0.5, 0.6) is 0 Å². The van der Waals surface area contributed by atoms with Crippen LogP contribution in [0.2, 0.25) is 0 Å². The highest BCUT2D eigenvalue weighted by molar-refractivity contribution is 7.05. The van der Waals surface area contributed by atoms with Crippen LogP contribution in [-0.2, 0) is 0 Å². The third kappa shape index (κ3) is 1.92. The van der Waals surface area contributed by atoms with Crippen LogP contribution in [0.3, 0.4) is 0 Å². The summed E-state index contributed by atoms with van der Waals surface area (Å²) in [5, 5.41) is 8.13. The first-order chi connectivity index (χ1) is 8.86. The van der Waals surface area contributed by atoms with Gasteiger partial charge in [-0.05, 0) is 29.7 Å². The van der Waals surface area contributed by atoms with Crippen LogP contribution < -0.4 is 5.73 Å². The van der Waals surface area contributed by atoms with E-state index in [2.05, 4.69) is 14.7 Å². The standard InChI is InChI=1S/C12H11N5S/c13-12(11-8-14-16-18-11)10-6-7-15-17(10)9-4-2-1-3-5-9/h1-8,12H,13H2. The molecule has 0 bridgehead atoms. The Kier molecular flexibility index (Phi) is 2.87. The maximum absolute atomic E-state index is 6.21. The van der Waals surface area contributed by atoms with E-state index in [4.69, 9.17) is 5.73 Å². The molecule has 0 amide bonds. The summed E-state index contributed by atoms with van der Waals surface area (Å²) in [6, 6.07) is 11.6. The van der Waals surface area contributed by atoms with E-state index in [0.29, 0.717) is 0 Å². The van der Waals surface area contributed by atoms with Crippen molar-refractivity contribution in [1.29, 1.82) is 0 Å². The van der Waals surface area contributed by atoms with Gasteiger partial charge in [-0.15, -0.1) is 5.10 Å². The molecule has 3 rings (SSSR count). The van der Waals surface area contributed by atoms with Crippen molar-refractivity contribution in [2.24, 2.45) is 5.73 Å². The molecular weight excluding hydrogens is 246 g/mol. The molecule has 0 saturated heterocycles. The first kappa shape index (κ1) is 11.1. The molecule has 0 aliphatic rings. The zero-order valence-electron chi connectivity index (χ0n) is 9.47. The zero-order chi connectivity index (χ0) is 12.4. The lowest BCUT2D eigenvalue weighted by atomic mass is 10.2. The fourth-order valence-corrected chi connectivity index (χ4v) is 2.31. The molecule has 6 heteroatoms. The number of benzene rings is 1. The van der Waals surface area contributed by atoms with Crippen molar-refractivity contribution < 1.29 is 0 Å². The van der Waals surface area contributed by atoms with Crippen molar-refractivity contribution >= 4 is 11.5 Å². The number of nitrogens with zero attached hydrogens (tertiary/aromatic N) is 4. The number of rotatable bonds is 3. The predicted octanol–water partition coefficient (Wildman–Crippen LogP) is 1.77. The second kappa shape index (κ2) is 4.67. The summed E-state index contributed by atoms with van der Waals surface area (Å²) >= 11 is 1.31. The van der Waals surface area contributed by atoms with E-state index in [1.807, 2.05) is 41.1 Å². The van der Waals surface area contributed by atoms with Crippen molar-refractivity contribution in [2.75, 3.05) is 0 Å². The van der Waals surface area contributed by atoms with Gasteiger partial charge in [0.15, 0.2) is 0 Å². The fraction of sp³-hybridized carbons (Fsp3) is 0.0833. The Hall–Kier alpha value is -2.05. The summed E-state index contributed by atoms with van der Waals surface area (Å²) in [7, 11) is 0. The molecule has 18 heavy (non-hydrogen) atoms. The number of hydrogen-bond acceptors (Lipinski definition) is 5. The molecule has 0 fully saturated rings. The van der Waals surface area contributed by atoms with Gasteiger partial charge in [-0.1, -0.05) is 22.7 Å². The van der Waals surface area contributed by atoms with E-state index in [1.54, 1.807) is 12.4 Å². The predicted molar refractivity (Wildman–Crippen MR) is 69.5 cm³/mol. The van der Waals surface area contributed by atoms with Gasteiger partial charge >= 0.3 is 0 Å². The minimum Gasteiger partial charge on any atom is -0.318 e. The van der Waals surface area contributed by atoms with E-state index in [1.165, 1.54) is 11.5 Å². The van der Waals surface area contributed by atoms with E-state index in [9.17, 15) is 0 Å². The lowest BCUT2D eigenvalue weighted by Gasteiger charge is -2.12. The fourth-order valence-electron chi connectivity index (χ4n) is 1.79. The quantitative estimate of drug-likeness (QED) is 0.776. The largest absolute Gasteiger partial charge is 0.318 e. The summed E-state index contributed by atoms with van der Waals surface area (Å²) in [6.07, 6.45) is 3.44. The molecule has 90 valence electrons. The highest BCUT2D eigenvalue weighted by Crippen LogP contribution is 2.23. The molecule has 5 nitrogen and oxygen atoms in total. The lowest BCUT2D eigenvalue weighted by molar-refractivity contribution is 0.746. The summed E-state index contributed by atoms with van der Waals surface area (Å²) in [5.74, 6) is 0. The van der Waals surface area contributed by atoms with Crippen molar-refractivity contribution in [1.82, 2.24) is 19.4 Å². The average molecular weight is 257 g/mol. The minimum atomic E-state index is -0.257. The van der Waals surface area contributed by atoms with Crippen molar-refractivity contribution in [3.63, 3.8) is 0 Å². The van der Waals surface area contributed by atoms with Gasteiger partial charge in [-0.2, -0.15) is 5.10 Å². The maximum atomic E-state index is 6.21. The van der Waals surface area contributed by atoms with Gasteiger partial charge in [0, 0.05) is 6.20 Å². The third-order valence-corrected chi connectivity index (χ3v) is 3.42. The van der Waals surface area contributed by atoms with E-state index >= 15 is 0 Å². The van der Waals surface area contributed by atoms with Crippen molar-refractivity contribution in [2.45, 2.75) is 6.04 Å². The van der Waals surface area contributed by atoms with Gasteiger partial charge < -0.3 is 5.73 Å². The molecule has 2 N–H and O–H groups in total. The highest BCUT2D eigenvalue weighted by atomic mass is 32.1. The van der Waals surface area contributed by atoms with Crippen LogP contribution in [0.15, 0.2) is 48.8 Å². The lowest BCUT2D eigenvalue weighted by Crippen LogP contribution is -2.15. The van der Waals surface area contributed by atoms with Gasteiger partial charge in [0.25, 0.3) is 0 Å². The van der Waals surface area contributed by atoms with Crippen LogP contribution in [0, 0.1) is 0 Å². The Morgan fingerprint density at radius 2 is 2.00 bits per heavy atom. The van der Waals surface area contributed by atoms with Gasteiger partial charge in [-0.25, -0.2) is 4.68 Å². The second-order valence-corrected chi connectivity index (χ2v) is 4.62.